The number of aromatic nitrogens is 2. The Bertz CT molecular complexity index is 1240. The second-order valence-corrected chi connectivity index (χ2v) is 9.83. The first-order chi connectivity index (χ1) is 15.9. The van der Waals surface area contributed by atoms with E-state index in [2.05, 4.69) is 57.2 Å². The lowest BCUT2D eigenvalue weighted by atomic mass is 9.97. The lowest BCUT2D eigenvalue weighted by molar-refractivity contribution is 0.201. The minimum absolute atomic E-state index is 0.712. The topological polar surface area (TPSA) is 41.5 Å². The molecule has 4 aromatic rings. The maximum absolute atomic E-state index is 6.17. The summed E-state index contributed by atoms with van der Waals surface area (Å²) < 4.78 is 6.17. The van der Waals surface area contributed by atoms with Crippen LogP contribution in [0.1, 0.15) is 23.3 Å². The number of aryl methyl sites for hydroxylation is 2. The number of piperazine rings is 1. The number of anilines is 1. The molecule has 32 heavy (non-hydrogen) atoms. The largest absolute Gasteiger partial charge is 0.492 e. The molecule has 164 valence electrons. The van der Waals surface area contributed by atoms with E-state index < -0.39 is 0 Å². The number of thiophene rings is 1. The highest BCUT2D eigenvalue weighted by molar-refractivity contribution is 7.19. The first kappa shape index (κ1) is 19.9. The third-order valence-corrected chi connectivity index (χ3v) is 8.02. The summed E-state index contributed by atoms with van der Waals surface area (Å²) >= 11 is 1.88. The molecule has 0 spiro atoms. The molecule has 0 amide bonds. The van der Waals surface area contributed by atoms with E-state index in [1.165, 1.54) is 57.1 Å². The van der Waals surface area contributed by atoms with Crippen molar-refractivity contribution in [3.8, 4) is 5.75 Å². The zero-order valence-electron chi connectivity index (χ0n) is 18.3. The van der Waals surface area contributed by atoms with E-state index in [0.717, 1.165) is 44.3 Å². The number of benzene rings is 2. The molecule has 0 atom stereocenters. The maximum atomic E-state index is 6.17. The average molecular weight is 445 g/mol. The molecule has 1 saturated heterocycles. The number of fused-ring (bicyclic) bond motifs is 4. The summed E-state index contributed by atoms with van der Waals surface area (Å²) in [5, 5.41) is 3.75. The Labute approximate surface area is 192 Å². The number of ether oxygens (including phenoxy) is 1. The third kappa shape index (κ3) is 3.71. The van der Waals surface area contributed by atoms with Gasteiger partial charge in [-0.15, -0.1) is 11.3 Å². The predicted octanol–water partition coefficient (Wildman–Crippen LogP) is 4.92. The summed E-state index contributed by atoms with van der Waals surface area (Å²) in [7, 11) is 0. The summed E-state index contributed by atoms with van der Waals surface area (Å²) in [4.78, 5) is 17.0. The van der Waals surface area contributed by atoms with E-state index in [-0.39, 0.29) is 0 Å². The highest BCUT2D eigenvalue weighted by Crippen LogP contribution is 2.39. The first-order valence-corrected chi connectivity index (χ1v) is 12.5. The van der Waals surface area contributed by atoms with Gasteiger partial charge < -0.3 is 9.64 Å². The summed E-state index contributed by atoms with van der Waals surface area (Å²) in [5.41, 5.74) is 1.53. The van der Waals surface area contributed by atoms with Crippen molar-refractivity contribution >= 4 is 38.1 Å². The van der Waals surface area contributed by atoms with Gasteiger partial charge in [0.05, 0.1) is 5.39 Å². The highest BCUT2D eigenvalue weighted by Gasteiger charge is 2.24. The second-order valence-electron chi connectivity index (χ2n) is 8.74. The van der Waals surface area contributed by atoms with Gasteiger partial charge >= 0.3 is 0 Å². The van der Waals surface area contributed by atoms with Crippen LogP contribution in [-0.4, -0.2) is 54.2 Å². The normalized spacial score (nSPS) is 17.1. The molecule has 2 aromatic carbocycles. The minimum atomic E-state index is 0.712. The van der Waals surface area contributed by atoms with E-state index in [0.29, 0.717) is 6.61 Å². The molecule has 1 fully saturated rings. The Morgan fingerprint density at radius 3 is 2.69 bits per heavy atom. The van der Waals surface area contributed by atoms with Crippen molar-refractivity contribution in [3.63, 3.8) is 0 Å². The van der Waals surface area contributed by atoms with Gasteiger partial charge in [-0.25, -0.2) is 9.97 Å². The molecule has 2 aromatic heterocycles. The van der Waals surface area contributed by atoms with Crippen molar-refractivity contribution in [3.05, 3.63) is 59.2 Å². The van der Waals surface area contributed by atoms with Gasteiger partial charge in [0, 0.05) is 43.0 Å². The number of rotatable bonds is 5. The molecule has 0 bridgehead atoms. The van der Waals surface area contributed by atoms with Crippen molar-refractivity contribution in [2.45, 2.75) is 25.7 Å². The van der Waals surface area contributed by atoms with Crippen molar-refractivity contribution in [2.24, 2.45) is 0 Å². The molecule has 1 aliphatic heterocycles. The summed E-state index contributed by atoms with van der Waals surface area (Å²) in [6.45, 7) is 5.75. The fraction of sp³-hybridized carbons (Fsp3) is 0.385. The van der Waals surface area contributed by atoms with E-state index in [1.54, 1.807) is 6.33 Å². The monoisotopic (exact) mass is 444 g/mol. The van der Waals surface area contributed by atoms with E-state index in [1.807, 2.05) is 11.3 Å². The smallest absolute Gasteiger partial charge is 0.141 e. The lowest BCUT2D eigenvalue weighted by Gasteiger charge is -2.35. The van der Waals surface area contributed by atoms with Crippen LogP contribution >= 0.6 is 11.3 Å². The van der Waals surface area contributed by atoms with Gasteiger partial charge in [0.1, 0.15) is 29.3 Å². The van der Waals surface area contributed by atoms with Crippen molar-refractivity contribution in [2.75, 3.05) is 44.2 Å². The number of hydrogen-bond acceptors (Lipinski definition) is 6. The standard InChI is InChI=1S/C26H28N4OS/c1-2-8-20-19(6-1)7-5-10-22(20)31-17-16-29-12-14-30(15-13-29)25-24-21-9-3-4-11-23(21)32-26(24)28-18-27-25/h1-2,5-8,10,18H,3-4,9,11-17H2. The van der Waals surface area contributed by atoms with Gasteiger partial charge in [-0.2, -0.15) is 0 Å². The molecule has 1 aliphatic carbocycles. The number of hydrogen-bond donors (Lipinski definition) is 0. The van der Waals surface area contributed by atoms with E-state index in [9.17, 15) is 0 Å². The Morgan fingerprint density at radius 2 is 1.75 bits per heavy atom. The third-order valence-electron chi connectivity index (χ3n) is 6.82. The van der Waals surface area contributed by atoms with Crippen molar-refractivity contribution in [1.82, 2.24) is 14.9 Å². The summed E-state index contributed by atoms with van der Waals surface area (Å²) in [5.74, 6) is 2.13. The Morgan fingerprint density at radius 1 is 0.906 bits per heavy atom. The van der Waals surface area contributed by atoms with Crippen LogP contribution in [0.15, 0.2) is 48.8 Å². The maximum Gasteiger partial charge on any atom is 0.141 e. The van der Waals surface area contributed by atoms with Crippen molar-refractivity contribution < 1.29 is 4.74 Å². The summed E-state index contributed by atoms with van der Waals surface area (Å²) in [6, 6.07) is 14.7. The molecule has 6 heteroatoms. The van der Waals surface area contributed by atoms with Gasteiger partial charge in [-0.05, 0) is 42.7 Å². The molecule has 0 unspecified atom stereocenters. The fourth-order valence-electron chi connectivity index (χ4n) is 5.10. The zero-order chi connectivity index (χ0) is 21.3. The molecule has 0 saturated carbocycles. The van der Waals surface area contributed by atoms with Crippen LogP contribution in [0.5, 0.6) is 5.75 Å². The molecule has 0 radical (unpaired) electrons. The Balaban J connectivity index is 1.10. The van der Waals surface area contributed by atoms with Crippen molar-refractivity contribution in [1.29, 1.82) is 0 Å². The van der Waals surface area contributed by atoms with Gasteiger partial charge in [0.15, 0.2) is 0 Å². The van der Waals surface area contributed by atoms with E-state index in [4.69, 9.17) is 9.72 Å². The first-order valence-electron chi connectivity index (χ1n) is 11.7. The lowest BCUT2D eigenvalue weighted by Crippen LogP contribution is -2.47. The molecule has 2 aliphatic rings. The molecule has 3 heterocycles. The van der Waals surface area contributed by atoms with Gasteiger partial charge in [-0.1, -0.05) is 36.4 Å². The minimum Gasteiger partial charge on any atom is -0.492 e. The van der Waals surface area contributed by atoms with Crippen LogP contribution in [0.4, 0.5) is 5.82 Å². The molecule has 6 rings (SSSR count). The van der Waals surface area contributed by atoms with E-state index >= 15 is 0 Å². The van der Waals surface area contributed by atoms with Crippen LogP contribution in [0.25, 0.3) is 21.0 Å². The molecule has 0 N–H and O–H groups in total. The van der Waals surface area contributed by atoms with Crippen LogP contribution < -0.4 is 9.64 Å². The van der Waals surface area contributed by atoms with Crippen LogP contribution in [0.3, 0.4) is 0 Å². The highest BCUT2D eigenvalue weighted by atomic mass is 32.1. The van der Waals surface area contributed by atoms with Gasteiger partial charge in [0.25, 0.3) is 0 Å². The predicted molar refractivity (Wildman–Crippen MR) is 132 cm³/mol. The van der Waals surface area contributed by atoms with Gasteiger partial charge in [0.2, 0.25) is 0 Å². The zero-order valence-corrected chi connectivity index (χ0v) is 19.1. The molecular formula is C26H28N4OS. The van der Waals surface area contributed by atoms with Crippen LogP contribution in [0, 0.1) is 0 Å². The summed E-state index contributed by atoms with van der Waals surface area (Å²) in [6.07, 6.45) is 6.74. The van der Waals surface area contributed by atoms with Crippen LogP contribution in [0.2, 0.25) is 0 Å². The quantitative estimate of drug-likeness (QED) is 0.437. The average Bonchev–Trinajstić information content (AvgIpc) is 3.24. The Kier molecular flexibility index (Phi) is 5.41. The SMILES string of the molecule is c1ccc2c(OCCN3CCN(c4ncnc5sc6c(c45)CCCC6)CC3)cccc2c1. The second kappa shape index (κ2) is 8.68. The van der Waals surface area contributed by atoms with Gasteiger partial charge in [-0.3, -0.25) is 4.90 Å². The molecular weight excluding hydrogens is 416 g/mol. The molecule has 5 nitrogen and oxygen atoms in total. The fourth-order valence-corrected chi connectivity index (χ4v) is 6.33. The van der Waals surface area contributed by atoms with Crippen LogP contribution in [-0.2, 0) is 12.8 Å². The Hall–Kier alpha value is -2.70. The number of nitrogens with zero attached hydrogens (tertiary/aromatic N) is 4.